The van der Waals surface area contributed by atoms with Crippen LogP contribution in [0, 0.1) is 0 Å². The van der Waals surface area contributed by atoms with E-state index in [1.165, 1.54) is 12.2 Å². The number of phenols is 2. The van der Waals surface area contributed by atoms with Gasteiger partial charge in [0.15, 0.2) is 0 Å². The number of aromatic hydroxyl groups is 2. The third kappa shape index (κ3) is 13.2. The molecule has 0 heterocycles. The maximum absolute atomic E-state index is 12.5. The van der Waals surface area contributed by atoms with Crippen molar-refractivity contribution in [1.29, 1.82) is 0 Å². The van der Waals surface area contributed by atoms with Gasteiger partial charge in [0.05, 0.1) is 0 Å². The number of benzene rings is 4. The first kappa shape index (κ1) is 48.2. The second-order valence-corrected chi connectivity index (χ2v) is 20.3. The van der Waals surface area contributed by atoms with E-state index in [9.17, 15) is 19.8 Å². The third-order valence-corrected chi connectivity index (χ3v) is 10.7. The summed E-state index contributed by atoms with van der Waals surface area (Å²) < 4.78 is 22.5. The van der Waals surface area contributed by atoms with Crippen molar-refractivity contribution in [1.82, 2.24) is 0 Å². The summed E-state index contributed by atoms with van der Waals surface area (Å²) in [6, 6.07) is 23.4. The highest BCUT2D eigenvalue weighted by Crippen LogP contribution is 2.41. The summed E-state index contributed by atoms with van der Waals surface area (Å²) in [5.41, 5.74) is 5.78. The van der Waals surface area contributed by atoms with Crippen molar-refractivity contribution in [2.75, 3.05) is 26.4 Å². The average Bonchev–Trinajstić information content (AvgIpc) is 3.16. The van der Waals surface area contributed by atoms with E-state index in [1.54, 1.807) is 12.2 Å². The monoisotopic (exact) mass is 832 g/mol. The third-order valence-electron chi connectivity index (χ3n) is 10.7. The molecule has 0 aliphatic heterocycles. The topological polar surface area (TPSA) is 112 Å². The molecule has 0 fully saturated rings. The second kappa shape index (κ2) is 19.0. The Bertz CT molecular complexity index is 1970. The summed E-state index contributed by atoms with van der Waals surface area (Å²) in [4.78, 5) is 25.1. The van der Waals surface area contributed by atoms with Crippen molar-refractivity contribution >= 4 is 24.1 Å². The molecule has 4 aromatic rings. The minimum Gasteiger partial charge on any atom is -0.507 e. The van der Waals surface area contributed by atoms with Gasteiger partial charge in [0.1, 0.15) is 49.4 Å². The van der Waals surface area contributed by atoms with Crippen molar-refractivity contribution in [2.45, 2.75) is 124 Å². The number of carbonyl (C=O) groups excluding carboxylic acids is 2. The predicted molar refractivity (Wildman–Crippen MR) is 247 cm³/mol. The largest absolute Gasteiger partial charge is 0.507 e. The fraction of sp³-hybridized carbons (Fsp3) is 0.434. The number of carbonyl (C=O) groups is 2. The molecule has 8 heteroatoms. The number of hydrogen-bond donors (Lipinski definition) is 2. The van der Waals surface area contributed by atoms with Crippen LogP contribution in [-0.2, 0) is 46.1 Å². The summed E-state index contributed by atoms with van der Waals surface area (Å²) in [5, 5.41) is 22.0. The Labute approximate surface area is 364 Å². The molecule has 0 amide bonds. The Hall–Kier alpha value is -5.50. The van der Waals surface area contributed by atoms with Crippen LogP contribution in [0.5, 0.6) is 23.0 Å². The first-order valence-corrected chi connectivity index (χ1v) is 21.1. The van der Waals surface area contributed by atoms with Crippen LogP contribution in [0.1, 0.15) is 141 Å². The molecule has 0 bridgehead atoms. The van der Waals surface area contributed by atoms with E-state index in [0.717, 1.165) is 44.5 Å². The molecular weight excluding hydrogens is 765 g/mol. The molecule has 8 nitrogen and oxygen atoms in total. The van der Waals surface area contributed by atoms with Crippen LogP contribution in [0.4, 0.5) is 0 Å². The maximum Gasteiger partial charge on any atom is 0.330 e. The fourth-order valence-electron chi connectivity index (χ4n) is 6.92. The van der Waals surface area contributed by atoms with E-state index in [-0.39, 0.29) is 53.5 Å². The van der Waals surface area contributed by atoms with Gasteiger partial charge < -0.3 is 29.2 Å². The zero-order valence-electron chi connectivity index (χ0n) is 38.9. The Morgan fingerprint density at radius 1 is 0.459 bits per heavy atom. The fourth-order valence-corrected chi connectivity index (χ4v) is 6.92. The van der Waals surface area contributed by atoms with E-state index in [1.807, 2.05) is 72.8 Å². The summed E-state index contributed by atoms with van der Waals surface area (Å²) in [7, 11) is 0. The highest BCUT2D eigenvalue weighted by Gasteiger charge is 2.28. The quantitative estimate of drug-likeness (QED) is 0.0734. The van der Waals surface area contributed by atoms with Crippen LogP contribution in [0.15, 0.2) is 84.9 Å². The molecule has 0 atom stereocenters. The number of phenolic OH excluding ortho intramolecular Hbond substituents is 2. The molecule has 0 saturated heterocycles. The second-order valence-electron chi connectivity index (χ2n) is 20.3. The van der Waals surface area contributed by atoms with E-state index < -0.39 is 11.9 Å². The minimum absolute atomic E-state index is 0.0957. The van der Waals surface area contributed by atoms with Crippen LogP contribution >= 0.6 is 0 Å². The van der Waals surface area contributed by atoms with Crippen LogP contribution in [-0.4, -0.2) is 48.6 Å². The lowest BCUT2D eigenvalue weighted by Gasteiger charge is -2.27. The van der Waals surface area contributed by atoms with E-state index in [4.69, 9.17) is 18.9 Å². The molecule has 0 radical (unpaired) electrons. The van der Waals surface area contributed by atoms with Crippen molar-refractivity contribution in [3.63, 3.8) is 0 Å². The van der Waals surface area contributed by atoms with Gasteiger partial charge in [-0.25, -0.2) is 9.59 Å². The molecule has 4 aromatic carbocycles. The van der Waals surface area contributed by atoms with Crippen LogP contribution in [0.25, 0.3) is 12.2 Å². The molecule has 328 valence electrons. The maximum atomic E-state index is 12.5. The standard InChI is InChI=1S/C53H68O8/c1-49(2,3)41-31-35(32-42(47(41)56)50(4,5)6)15-25-45(54)60-29-27-58-39-21-17-37(18-22-39)53(13,14)38-19-23-40(24-20-38)59-28-30-61-46(55)26-16-36-33-43(51(7,8)9)48(57)44(34-36)52(10,11)12/h15-26,31-34,56-57H,27-30H2,1-14H3. The van der Waals surface area contributed by atoms with Gasteiger partial charge in [-0.15, -0.1) is 0 Å². The molecule has 61 heavy (non-hydrogen) atoms. The lowest BCUT2D eigenvalue weighted by molar-refractivity contribution is -0.139. The van der Waals surface area contributed by atoms with Crippen LogP contribution in [0.3, 0.4) is 0 Å². The van der Waals surface area contributed by atoms with Crippen molar-refractivity contribution in [2.24, 2.45) is 0 Å². The molecule has 0 saturated carbocycles. The van der Waals surface area contributed by atoms with E-state index in [2.05, 4.69) is 96.9 Å². The smallest absolute Gasteiger partial charge is 0.330 e. The lowest BCUT2D eigenvalue weighted by Crippen LogP contribution is -2.19. The SMILES string of the molecule is CC(C)(C)c1cc(C=CC(=O)OCCOc2ccc(C(C)(C)c3ccc(OCCOC(=O)C=Cc4cc(C(C)(C)C)c(O)c(C(C)(C)C)c4)cc3)cc2)cc(C(C)(C)C)c1O. The zero-order chi connectivity index (χ0) is 45.6. The molecule has 0 aromatic heterocycles. The molecule has 0 aliphatic rings. The summed E-state index contributed by atoms with van der Waals surface area (Å²) >= 11 is 0. The lowest BCUT2D eigenvalue weighted by atomic mass is 9.78. The Kier molecular flexibility index (Phi) is 15.0. The number of rotatable bonds is 14. The van der Waals surface area contributed by atoms with Gasteiger partial charge in [0.25, 0.3) is 0 Å². The van der Waals surface area contributed by atoms with Gasteiger partial charge in [-0.05, 0) is 105 Å². The predicted octanol–water partition coefficient (Wildman–Crippen LogP) is 11.9. The van der Waals surface area contributed by atoms with Gasteiger partial charge in [-0.3, -0.25) is 0 Å². The Morgan fingerprint density at radius 3 is 1.00 bits per heavy atom. The molecule has 0 unspecified atom stereocenters. The van der Waals surface area contributed by atoms with E-state index in [0.29, 0.717) is 23.0 Å². The first-order valence-electron chi connectivity index (χ1n) is 21.1. The van der Waals surface area contributed by atoms with Crippen molar-refractivity contribution in [3.05, 3.63) is 129 Å². The van der Waals surface area contributed by atoms with Gasteiger partial charge in [0, 0.05) is 39.8 Å². The number of esters is 2. The minimum atomic E-state index is -0.469. The van der Waals surface area contributed by atoms with Crippen LogP contribution in [0.2, 0.25) is 0 Å². The molecule has 4 rings (SSSR count). The molecule has 2 N–H and O–H groups in total. The Morgan fingerprint density at radius 2 is 0.738 bits per heavy atom. The highest BCUT2D eigenvalue weighted by atomic mass is 16.6. The van der Waals surface area contributed by atoms with Gasteiger partial charge >= 0.3 is 11.9 Å². The average molecular weight is 833 g/mol. The van der Waals surface area contributed by atoms with Crippen molar-refractivity contribution < 1.29 is 38.7 Å². The van der Waals surface area contributed by atoms with Crippen LogP contribution < -0.4 is 9.47 Å². The van der Waals surface area contributed by atoms with Gasteiger partial charge in [-0.1, -0.05) is 121 Å². The summed E-state index contributed by atoms with van der Waals surface area (Å²) in [6.07, 6.45) is 6.25. The van der Waals surface area contributed by atoms with Gasteiger partial charge in [0.2, 0.25) is 0 Å². The molecule has 0 spiro atoms. The summed E-state index contributed by atoms with van der Waals surface area (Å²) in [6.45, 7) is 29.5. The number of ether oxygens (including phenoxy) is 4. The Balaban J connectivity index is 1.24. The highest BCUT2D eigenvalue weighted by molar-refractivity contribution is 5.88. The van der Waals surface area contributed by atoms with Gasteiger partial charge in [-0.2, -0.15) is 0 Å². The normalized spacial score (nSPS) is 12.8. The zero-order valence-corrected chi connectivity index (χ0v) is 38.9. The molecular formula is C53H68O8. The number of hydrogen-bond acceptors (Lipinski definition) is 8. The first-order chi connectivity index (χ1) is 28.2. The summed E-state index contributed by atoms with van der Waals surface area (Å²) in [5.74, 6) is 0.998. The molecule has 0 aliphatic carbocycles. The van der Waals surface area contributed by atoms with E-state index >= 15 is 0 Å². The van der Waals surface area contributed by atoms with Crippen molar-refractivity contribution in [3.8, 4) is 23.0 Å².